The SMILES string of the molecule is CCCc1nc(Cl)cc(N(CC)CC(F)(F)F)n1. The van der Waals surface area contributed by atoms with E-state index in [1.54, 1.807) is 6.92 Å². The second-order valence-electron chi connectivity index (χ2n) is 3.84. The highest BCUT2D eigenvalue weighted by Crippen LogP contribution is 2.22. The number of halogens is 4. The van der Waals surface area contributed by atoms with E-state index >= 15 is 0 Å². The molecule has 0 fully saturated rings. The summed E-state index contributed by atoms with van der Waals surface area (Å²) in [5.41, 5.74) is 0. The van der Waals surface area contributed by atoms with Crippen LogP contribution in [0.3, 0.4) is 0 Å². The fourth-order valence-electron chi connectivity index (χ4n) is 1.52. The van der Waals surface area contributed by atoms with Crippen molar-refractivity contribution in [3.8, 4) is 0 Å². The van der Waals surface area contributed by atoms with Gasteiger partial charge in [0.25, 0.3) is 0 Å². The van der Waals surface area contributed by atoms with Crippen LogP contribution in [0.4, 0.5) is 19.0 Å². The summed E-state index contributed by atoms with van der Waals surface area (Å²) < 4.78 is 37.2. The predicted molar refractivity (Wildman–Crippen MR) is 65.0 cm³/mol. The summed E-state index contributed by atoms with van der Waals surface area (Å²) in [6.07, 6.45) is -2.86. The number of hydrogen-bond donors (Lipinski definition) is 0. The van der Waals surface area contributed by atoms with Crippen molar-refractivity contribution >= 4 is 17.4 Å². The molecule has 0 unspecified atom stereocenters. The molecule has 0 bridgehead atoms. The van der Waals surface area contributed by atoms with E-state index < -0.39 is 12.7 Å². The number of anilines is 1. The van der Waals surface area contributed by atoms with Crippen LogP contribution < -0.4 is 4.90 Å². The van der Waals surface area contributed by atoms with Gasteiger partial charge in [-0.05, 0) is 13.3 Å². The smallest absolute Gasteiger partial charge is 0.348 e. The van der Waals surface area contributed by atoms with E-state index in [0.717, 1.165) is 11.3 Å². The Kier molecular flexibility index (Phi) is 5.19. The number of alkyl halides is 3. The Morgan fingerprint density at radius 3 is 2.44 bits per heavy atom. The molecule has 0 atom stereocenters. The highest BCUT2D eigenvalue weighted by atomic mass is 35.5. The van der Waals surface area contributed by atoms with Gasteiger partial charge in [0.15, 0.2) is 0 Å². The average Bonchev–Trinajstić information content (AvgIpc) is 2.24. The number of aromatic nitrogens is 2. The summed E-state index contributed by atoms with van der Waals surface area (Å²) in [5.74, 6) is 0.693. The molecule has 1 heterocycles. The Hall–Kier alpha value is -1.04. The molecule has 0 aliphatic carbocycles. The molecule has 0 aliphatic rings. The lowest BCUT2D eigenvalue weighted by atomic mass is 10.3. The third kappa shape index (κ3) is 4.68. The van der Waals surface area contributed by atoms with E-state index in [4.69, 9.17) is 11.6 Å². The molecule has 0 saturated heterocycles. The molecule has 7 heteroatoms. The maximum Gasteiger partial charge on any atom is 0.405 e. The molecule has 1 rings (SSSR count). The number of hydrogen-bond acceptors (Lipinski definition) is 3. The van der Waals surface area contributed by atoms with Crippen molar-refractivity contribution in [2.24, 2.45) is 0 Å². The maximum atomic E-state index is 12.4. The summed E-state index contributed by atoms with van der Waals surface area (Å²) >= 11 is 5.80. The van der Waals surface area contributed by atoms with Crippen molar-refractivity contribution in [3.05, 3.63) is 17.0 Å². The van der Waals surface area contributed by atoms with Gasteiger partial charge in [0.1, 0.15) is 23.3 Å². The Bertz CT molecular complexity index is 396. The largest absolute Gasteiger partial charge is 0.405 e. The first-order valence-corrected chi connectivity index (χ1v) is 6.08. The Balaban J connectivity index is 2.98. The minimum Gasteiger partial charge on any atom is -0.348 e. The van der Waals surface area contributed by atoms with Crippen molar-refractivity contribution in [2.75, 3.05) is 18.0 Å². The minimum absolute atomic E-state index is 0.170. The van der Waals surface area contributed by atoms with Gasteiger partial charge in [-0.15, -0.1) is 0 Å². The first kappa shape index (κ1) is 15.0. The van der Waals surface area contributed by atoms with Gasteiger partial charge in [0.05, 0.1) is 0 Å². The Morgan fingerprint density at radius 1 is 1.28 bits per heavy atom. The molecule has 1 aromatic rings. The molecule has 102 valence electrons. The van der Waals surface area contributed by atoms with Gasteiger partial charge in [0, 0.05) is 19.0 Å². The van der Waals surface area contributed by atoms with Crippen LogP contribution in [0.15, 0.2) is 6.07 Å². The molecular formula is C11H15ClF3N3. The maximum absolute atomic E-state index is 12.4. The van der Waals surface area contributed by atoms with Crippen molar-refractivity contribution in [3.63, 3.8) is 0 Å². The summed E-state index contributed by atoms with van der Waals surface area (Å²) in [4.78, 5) is 9.22. The molecule has 1 aromatic heterocycles. The zero-order valence-electron chi connectivity index (χ0n) is 10.3. The van der Waals surface area contributed by atoms with E-state index in [2.05, 4.69) is 9.97 Å². The van der Waals surface area contributed by atoms with Gasteiger partial charge in [-0.3, -0.25) is 0 Å². The van der Waals surface area contributed by atoms with Crippen LogP contribution in [0, 0.1) is 0 Å². The second kappa shape index (κ2) is 6.22. The van der Waals surface area contributed by atoms with Gasteiger partial charge >= 0.3 is 6.18 Å². The van der Waals surface area contributed by atoms with E-state index in [-0.39, 0.29) is 17.5 Å². The monoisotopic (exact) mass is 281 g/mol. The van der Waals surface area contributed by atoms with Crippen molar-refractivity contribution in [1.29, 1.82) is 0 Å². The van der Waals surface area contributed by atoms with Crippen molar-refractivity contribution in [2.45, 2.75) is 32.9 Å². The average molecular weight is 282 g/mol. The van der Waals surface area contributed by atoms with Crippen molar-refractivity contribution in [1.82, 2.24) is 9.97 Å². The molecule has 0 amide bonds. The van der Waals surface area contributed by atoms with Crippen molar-refractivity contribution < 1.29 is 13.2 Å². The zero-order valence-corrected chi connectivity index (χ0v) is 11.0. The fourth-order valence-corrected chi connectivity index (χ4v) is 1.72. The highest BCUT2D eigenvalue weighted by molar-refractivity contribution is 6.29. The quantitative estimate of drug-likeness (QED) is 0.774. The first-order valence-electron chi connectivity index (χ1n) is 5.71. The molecular weight excluding hydrogens is 267 g/mol. The highest BCUT2D eigenvalue weighted by Gasteiger charge is 2.31. The van der Waals surface area contributed by atoms with E-state index in [9.17, 15) is 13.2 Å². The van der Waals surface area contributed by atoms with Crippen LogP contribution in [-0.4, -0.2) is 29.2 Å². The minimum atomic E-state index is -4.27. The molecule has 0 N–H and O–H groups in total. The Labute approximate surface area is 109 Å². The molecule has 0 spiro atoms. The molecule has 18 heavy (non-hydrogen) atoms. The second-order valence-corrected chi connectivity index (χ2v) is 4.23. The molecule has 0 radical (unpaired) electrons. The lowest BCUT2D eigenvalue weighted by molar-refractivity contribution is -0.119. The third-order valence-electron chi connectivity index (χ3n) is 2.28. The third-order valence-corrected chi connectivity index (χ3v) is 2.47. The standard InChI is InChI=1S/C11H15ClF3N3/c1-3-5-9-16-8(12)6-10(17-9)18(4-2)7-11(13,14)15/h6H,3-5,7H2,1-2H3. The number of nitrogens with zero attached hydrogens (tertiary/aromatic N) is 3. The molecule has 0 saturated carbocycles. The van der Waals surface area contributed by atoms with Gasteiger partial charge in [-0.2, -0.15) is 13.2 Å². The van der Waals surface area contributed by atoms with E-state index in [0.29, 0.717) is 12.2 Å². The predicted octanol–water partition coefficient (Wildman–Crippen LogP) is 3.47. The molecule has 0 aliphatic heterocycles. The van der Waals surface area contributed by atoms with Crippen LogP contribution in [0.1, 0.15) is 26.1 Å². The lowest BCUT2D eigenvalue weighted by Gasteiger charge is -2.23. The summed E-state index contributed by atoms with van der Waals surface area (Å²) in [6.45, 7) is 2.75. The number of rotatable bonds is 5. The topological polar surface area (TPSA) is 29.0 Å². The van der Waals surface area contributed by atoms with Crippen LogP contribution in [0.5, 0.6) is 0 Å². The number of aryl methyl sites for hydroxylation is 1. The summed E-state index contributed by atoms with van der Waals surface area (Å²) in [5, 5.41) is 0.170. The van der Waals surface area contributed by atoms with Crippen LogP contribution in [0.25, 0.3) is 0 Å². The van der Waals surface area contributed by atoms with Crippen LogP contribution in [0.2, 0.25) is 5.15 Å². The van der Waals surface area contributed by atoms with Gasteiger partial charge in [-0.25, -0.2) is 9.97 Å². The summed E-state index contributed by atoms with van der Waals surface area (Å²) in [6, 6.07) is 1.36. The van der Waals surface area contributed by atoms with Crippen LogP contribution in [-0.2, 0) is 6.42 Å². The van der Waals surface area contributed by atoms with E-state index in [1.807, 2.05) is 6.92 Å². The van der Waals surface area contributed by atoms with Gasteiger partial charge in [0.2, 0.25) is 0 Å². The zero-order chi connectivity index (χ0) is 13.8. The van der Waals surface area contributed by atoms with Crippen LogP contribution >= 0.6 is 11.6 Å². The Morgan fingerprint density at radius 2 is 1.94 bits per heavy atom. The molecule has 0 aromatic carbocycles. The first-order chi connectivity index (χ1) is 8.35. The lowest BCUT2D eigenvalue weighted by Crippen LogP contribution is -2.34. The molecule has 3 nitrogen and oxygen atoms in total. The van der Waals surface area contributed by atoms with Gasteiger partial charge < -0.3 is 4.90 Å². The summed E-state index contributed by atoms with van der Waals surface area (Å²) in [7, 11) is 0. The fraction of sp³-hybridized carbons (Fsp3) is 0.636. The van der Waals surface area contributed by atoms with E-state index in [1.165, 1.54) is 6.07 Å². The van der Waals surface area contributed by atoms with Gasteiger partial charge in [-0.1, -0.05) is 18.5 Å². The normalized spacial score (nSPS) is 11.7.